The van der Waals surface area contributed by atoms with Crippen LogP contribution in [0.15, 0.2) is 48.5 Å². The molecule has 1 aromatic heterocycles. The smallest absolute Gasteiger partial charge is 0.187 e. The molecule has 0 radical (unpaired) electrons. The third-order valence-corrected chi connectivity index (χ3v) is 4.48. The number of fused-ring (bicyclic) bond motifs is 3. The van der Waals surface area contributed by atoms with E-state index in [9.17, 15) is 9.18 Å². The fraction of sp³-hybridized carbons (Fsp3) is 0.150. The van der Waals surface area contributed by atoms with Crippen LogP contribution in [0.2, 0.25) is 0 Å². The molecule has 4 rings (SSSR count). The van der Waals surface area contributed by atoms with Crippen molar-refractivity contribution < 1.29 is 13.9 Å². The molecule has 5 heteroatoms. The second-order valence-electron chi connectivity index (χ2n) is 6.00. The Hall–Kier alpha value is -3.08. The summed E-state index contributed by atoms with van der Waals surface area (Å²) in [5, 5.41) is 4.39. The quantitative estimate of drug-likeness (QED) is 0.567. The molecule has 2 aromatic carbocycles. The number of ether oxygens (including phenoxy) is 1. The SMILES string of the molecule is COc1ccc2[nH]c3c(c2c1)CCN/C3=C\C(=O)c1ccc(F)cc1. The number of H-pyrrole nitrogens is 1. The van der Waals surface area contributed by atoms with E-state index in [1.807, 2.05) is 18.2 Å². The number of halogens is 1. The van der Waals surface area contributed by atoms with E-state index in [0.29, 0.717) is 5.56 Å². The van der Waals surface area contributed by atoms with Crippen LogP contribution in [-0.4, -0.2) is 24.4 Å². The largest absolute Gasteiger partial charge is 0.497 e. The highest BCUT2D eigenvalue weighted by atomic mass is 19.1. The Morgan fingerprint density at radius 2 is 2.00 bits per heavy atom. The lowest BCUT2D eigenvalue weighted by molar-refractivity contribution is 0.104. The maximum atomic E-state index is 13.0. The molecule has 2 heterocycles. The van der Waals surface area contributed by atoms with Crippen LogP contribution in [0.1, 0.15) is 21.6 Å². The summed E-state index contributed by atoms with van der Waals surface area (Å²) in [7, 11) is 1.65. The van der Waals surface area contributed by atoms with Crippen molar-refractivity contribution >= 4 is 22.4 Å². The van der Waals surface area contributed by atoms with Crippen molar-refractivity contribution in [3.63, 3.8) is 0 Å². The number of carbonyl (C=O) groups is 1. The Balaban J connectivity index is 1.76. The van der Waals surface area contributed by atoms with E-state index in [1.54, 1.807) is 13.2 Å². The zero-order valence-electron chi connectivity index (χ0n) is 13.7. The number of methoxy groups -OCH3 is 1. The van der Waals surface area contributed by atoms with Gasteiger partial charge in [0.15, 0.2) is 5.78 Å². The molecule has 0 aliphatic carbocycles. The first-order valence-electron chi connectivity index (χ1n) is 8.10. The van der Waals surface area contributed by atoms with Crippen molar-refractivity contribution in [2.75, 3.05) is 13.7 Å². The minimum atomic E-state index is -0.355. The number of hydrogen-bond donors (Lipinski definition) is 2. The van der Waals surface area contributed by atoms with E-state index in [2.05, 4.69) is 10.3 Å². The van der Waals surface area contributed by atoms with Crippen molar-refractivity contribution in [1.29, 1.82) is 0 Å². The van der Waals surface area contributed by atoms with Crippen LogP contribution in [0, 0.1) is 5.82 Å². The Morgan fingerprint density at radius 1 is 1.20 bits per heavy atom. The van der Waals surface area contributed by atoms with E-state index >= 15 is 0 Å². The van der Waals surface area contributed by atoms with E-state index in [4.69, 9.17) is 4.74 Å². The Kier molecular flexibility index (Phi) is 3.76. The van der Waals surface area contributed by atoms with Crippen LogP contribution in [0.5, 0.6) is 5.75 Å². The highest BCUT2D eigenvalue weighted by Crippen LogP contribution is 2.32. The minimum Gasteiger partial charge on any atom is -0.497 e. The number of benzene rings is 2. The van der Waals surface area contributed by atoms with Crippen LogP contribution in [0.25, 0.3) is 16.6 Å². The molecule has 0 amide bonds. The van der Waals surface area contributed by atoms with Gasteiger partial charge in [0.1, 0.15) is 11.6 Å². The number of carbonyl (C=O) groups excluding carboxylic acids is 1. The Bertz CT molecular complexity index is 987. The second kappa shape index (κ2) is 6.09. The molecular weight excluding hydrogens is 319 g/mol. The lowest BCUT2D eigenvalue weighted by Gasteiger charge is -2.17. The van der Waals surface area contributed by atoms with E-state index < -0.39 is 0 Å². The minimum absolute atomic E-state index is 0.161. The molecule has 0 saturated heterocycles. The molecule has 3 aromatic rings. The van der Waals surface area contributed by atoms with Gasteiger partial charge in [-0.15, -0.1) is 0 Å². The fourth-order valence-electron chi connectivity index (χ4n) is 3.21. The summed E-state index contributed by atoms with van der Waals surface area (Å²) in [6, 6.07) is 11.5. The average molecular weight is 336 g/mol. The van der Waals surface area contributed by atoms with Gasteiger partial charge in [-0.05, 0) is 54.4 Å². The first-order chi connectivity index (χ1) is 12.2. The maximum absolute atomic E-state index is 13.0. The topological polar surface area (TPSA) is 54.1 Å². The van der Waals surface area contributed by atoms with E-state index in [-0.39, 0.29) is 11.6 Å². The van der Waals surface area contributed by atoms with Crippen molar-refractivity contribution in [3.8, 4) is 5.75 Å². The molecule has 0 saturated carbocycles. The summed E-state index contributed by atoms with van der Waals surface area (Å²) >= 11 is 0. The zero-order valence-corrected chi connectivity index (χ0v) is 13.7. The Morgan fingerprint density at radius 3 is 2.76 bits per heavy atom. The summed E-state index contributed by atoms with van der Waals surface area (Å²) in [4.78, 5) is 15.9. The van der Waals surface area contributed by atoms with Crippen molar-refractivity contribution in [1.82, 2.24) is 10.3 Å². The number of allylic oxidation sites excluding steroid dienone is 1. The molecule has 2 N–H and O–H groups in total. The third-order valence-electron chi connectivity index (χ3n) is 4.48. The second-order valence-corrected chi connectivity index (χ2v) is 6.00. The van der Waals surface area contributed by atoms with Crippen LogP contribution in [0.3, 0.4) is 0 Å². The van der Waals surface area contributed by atoms with Gasteiger partial charge in [0.05, 0.1) is 18.5 Å². The molecule has 4 nitrogen and oxygen atoms in total. The fourth-order valence-corrected chi connectivity index (χ4v) is 3.21. The van der Waals surface area contributed by atoms with Crippen LogP contribution < -0.4 is 10.1 Å². The lowest BCUT2D eigenvalue weighted by atomic mass is 10.0. The monoisotopic (exact) mass is 336 g/mol. The summed E-state index contributed by atoms with van der Waals surface area (Å²) in [6.45, 7) is 0.750. The lowest BCUT2D eigenvalue weighted by Crippen LogP contribution is -2.23. The zero-order chi connectivity index (χ0) is 17.4. The molecule has 1 aliphatic rings. The van der Waals surface area contributed by atoms with Crippen molar-refractivity contribution in [2.24, 2.45) is 0 Å². The van der Waals surface area contributed by atoms with Gasteiger partial charge >= 0.3 is 0 Å². The van der Waals surface area contributed by atoms with E-state index in [0.717, 1.165) is 41.0 Å². The van der Waals surface area contributed by atoms with Crippen molar-refractivity contribution in [2.45, 2.75) is 6.42 Å². The molecular formula is C20H17FN2O2. The van der Waals surface area contributed by atoms with Gasteiger partial charge in [-0.3, -0.25) is 4.79 Å². The van der Waals surface area contributed by atoms with Gasteiger partial charge in [-0.25, -0.2) is 4.39 Å². The molecule has 0 fully saturated rings. The van der Waals surface area contributed by atoms with Crippen LogP contribution >= 0.6 is 0 Å². The third kappa shape index (κ3) is 2.78. The van der Waals surface area contributed by atoms with Gasteiger partial charge in [0.2, 0.25) is 0 Å². The summed E-state index contributed by atoms with van der Waals surface area (Å²) in [5.74, 6) is 0.291. The number of aromatic amines is 1. The molecule has 0 bridgehead atoms. The predicted molar refractivity (Wildman–Crippen MR) is 95.3 cm³/mol. The summed E-state index contributed by atoms with van der Waals surface area (Å²) in [5.41, 5.74) is 4.32. The number of rotatable bonds is 3. The van der Waals surface area contributed by atoms with Crippen molar-refractivity contribution in [3.05, 3.63) is 71.2 Å². The highest BCUT2D eigenvalue weighted by Gasteiger charge is 2.20. The predicted octanol–water partition coefficient (Wildman–Crippen LogP) is 3.69. The molecule has 0 unspecified atom stereocenters. The van der Waals surface area contributed by atoms with Gasteiger partial charge in [0.25, 0.3) is 0 Å². The standard InChI is InChI=1S/C20H17FN2O2/c1-25-14-6-7-17-16(10-14)15-8-9-22-18(20(15)23-17)11-19(24)12-2-4-13(21)5-3-12/h2-7,10-11,22-23H,8-9H2,1H3/b18-11-. The van der Waals surface area contributed by atoms with Gasteiger partial charge in [0, 0.05) is 29.1 Å². The summed E-state index contributed by atoms with van der Waals surface area (Å²) < 4.78 is 18.3. The van der Waals surface area contributed by atoms with Gasteiger partial charge < -0.3 is 15.0 Å². The number of aromatic nitrogens is 1. The molecule has 25 heavy (non-hydrogen) atoms. The molecule has 0 spiro atoms. The molecule has 0 atom stereocenters. The Labute approximate surface area is 144 Å². The first kappa shape index (κ1) is 15.4. The first-order valence-corrected chi connectivity index (χ1v) is 8.10. The maximum Gasteiger partial charge on any atom is 0.187 e. The highest BCUT2D eigenvalue weighted by molar-refractivity contribution is 6.09. The van der Waals surface area contributed by atoms with Crippen LogP contribution in [0.4, 0.5) is 4.39 Å². The summed E-state index contributed by atoms with van der Waals surface area (Å²) in [6.07, 6.45) is 2.43. The van der Waals surface area contributed by atoms with E-state index in [1.165, 1.54) is 29.8 Å². The normalized spacial score (nSPS) is 15.0. The average Bonchev–Trinajstić information content (AvgIpc) is 3.01. The van der Waals surface area contributed by atoms with Gasteiger partial charge in [-0.1, -0.05) is 0 Å². The molecule has 1 aliphatic heterocycles. The molecule has 126 valence electrons. The van der Waals surface area contributed by atoms with Gasteiger partial charge in [-0.2, -0.15) is 0 Å². The van der Waals surface area contributed by atoms with Crippen LogP contribution in [-0.2, 0) is 6.42 Å². The number of ketones is 1. The number of hydrogen-bond acceptors (Lipinski definition) is 3. The number of nitrogens with one attached hydrogen (secondary N) is 2.